The van der Waals surface area contributed by atoms with Crippen molar-refractivity contribution < 1.29 is 18.1 Å². The Balaban J connectivity index is 0.000000140. The van der Waals surface area contributed by atoms with Gasteiger partial charge in [-0.15, -0.1) is 6.58 Å². The van der Waals surface area contributed by atoms with Crippen molar-refractivity contribution in [1.29, 1.82) is 0 Å². The summed E-state index contributed by atoms with van der Waals surface area (Å²) < 4.78 is 23.3. The van der Waals surface area contributed by atoms with Crippen LogP contribution in [0, 0.1) is 0 Å². The molecule has 6 aromatic rings. The van der Waals surface area contributed by atoms with Crippen LogP contribution in [-0.2, 0) is 9.31 Å². The summed E-state index contributed by atoms with van der Waals surface area (Å²) in [4.78, 5) is 37.0. The van der Waals surface area contributed by atoms with Crippen LogP contribution in [0.2, 0.25) is 5.15 Å². The molecule has 0 N–H and O–H groups in total. The molecule has 6 aromatic heterocycles. The molecular weight excluding hydrogens is 875 g/mol. The average molecular weight is 941 g/mol. The quantitative estimate of drug-likeness (QED) is 0.106. The Hall–Kier alpha value is -5.19. The zero-order valence-electron chi connectivity index (χ0n) is 40.3. The van der Waals surface area contributed by atoms with E-state index in [1.165, 1.54) is 90.4 Å². The fourth-order valence-electron chi connectivity index (χ4n) is 9.86. The molecule has 11 heterocycles. The van der Waals surface area contributed by atoms with Crippen molar-refractivity contribution in [3.8, 4) is 22.5 Å². The number of hydrogen-bond donors (Lipinski definition) is 0. The Morgan fingerprint density at radius 1 is 0.603 bits per heavy atom. The monoisotopic (exact) mass is 941 g/mol. The van der Waals surface area contributed by atoms with E-state index < -0.39 is 0 Å². The Bertz CT molecular complexity index is 2630. The number of oxazole rings is 2. The highest BCUT2D eigenvalue weighted by molar-refractivity contribution is 6.51. The van der Waals surface area contributed by atoms with Gasteiger partial charge in [0.25, 0.3) is 12.0 Å². The molecule has 0 spiro atoms. The van der Waals surface area contributed by atoms with Crippen molar-refractivity contribution in [3.05, 3.63) is 90.9 Å². The second-order valence-corrected chi connectivity index (χ2v) is 20.0. The molecule has 11 rings (SSSR count). The van der Waals surface area contributed by atoms with Gasteiger partial charge in [0.2, 0.25) is 11.3 Å². The molecule has 68 heavy (non-hydrogen) atoms. The molecule has 0 atom stereocenters. The Kier molecular flexibility index (Phi) is 14.9. The van der Waals surface area contributed by atoms with E-state index in [-0.39, 0.29) is 18.3 Å². The number of piperidine rings is 4. The maximum absolute atomic E-state index is 6.10. The highest BCUT2D eigenvalue weighted by Crippen LogP contribution is 2.37. The van der Waals surface area contributed by atoms with Gasteiger partial charge >= 0.3 is 7.12 Å². The van der Waals surface area contributed by atoms with E-state index in [4.69, 9.17) is 29.7 Å². The molecule has 5 aliphatic heterocycles. The summed E-state index contributed by atoms with van der Waals surface area (Å²) in [6.45, 7) is 24.5. The first-order valence-corrected chi connectivity index (χ1v) is 25.1. The second-order valence-electron chi connectivity index (χ2n) is 19.6. The molecule has 358 valence electrons. The smallest absolute Gasteiger partial charge is 0.422 e. The van der Waals surface area contributed by atoms with Crippen LogP contribution in [0.4, 0.5) is 12.0 Å². The Morgan fingerprint density at radius 2 is 1.06 bits per heavy atom. The first-order chi connectivity index (χ1) is 32.9. The molecule has 0 radical (unpaired) electrons. The summed E-state index contributed by atoms with van der Waals surface area (Å²) in [5.74, 6) is 1.68. The zero-order chi connectivity index (χ0) is 47.3. The van der Waals surface area contributed by atoms with E-state index in [0.717, 1.165) is 54.4 Å². The first kappa shape index (κ1) is 47.9. The van der Waals surface area contributed by atoms with Gasteiger partial charge in [-0.3, -0.25) is 0 Å². The van der Waals surface area contributed by atoms with Crippen LogP contribution in [-0.4, -0.2) is 122 Å². The predicted molar refractivity (Wildman–Crippen MR) is 273 cm³/mol. The van der Waals surface area contributed by atoms with E-state index in [1.807, 2.05) is 76.4 Å². The maximum Gasteiger partial charge on any atom is 0.486 e. The van der Waals surface area contributed by atoms with Crippen molar-refractivity contribution in [2.45, 2.75) is 115 Å². The SMILES string of the molecule is C=CB1OC(C)(C)C(C)(C)O1.C=Cc1cccc(-c2cnc3nc(N4CCC(N5CCCCC5)CC4)oc3c2)n1.Clc1cccc(-c2cnc3nc(N4CCC(N5CCCCC5)CC4)oc3c2)n1. The summed E-state index contributed by atoms with van der Waals surface area (Å²) in [5.41, 5.74) is 6.51. The van der Waals surface area contributed by atoms with Gasteiger partial charge in [0.15, 0.2) is 11.2 Å². The normalized spacial score (nSPS) is 20.5. The number of fused-ring (bicyclic) bond motifs is 2. The van der Waals surface area contributed by atoms with Gasteiger partial charge in [-0.2, -0.15) is 9.97 Å². The first-order valence-electron chi connectivity index (χ1n) is 24.7. The van der Waals surface area contributed by atoms with Gasteiger partial charge < -0.3 is 37.7 Å². The van der Waals surface area contributed by atoms with Gasteiger partial charge in [0.05, 0.1) is 28.3 Å². The second kappa shape index (κ2) is 21.2. The van der Waals surface area contributed by atoms with Crippen molar-refractivity contribution in [2.75, 3.05) is 62.2 Å². The van der Waals surface area contributed by atoms with Crippen molar-refractivity contribution in [3.63, 3.8) is 0 Å². The molecule has 0 saturated carbocycles. The number of nitrogens with zero attached hydrogens (tertiary/aromatic N) is 10. The molecule has 5 saturated heterocycles. The van der Waals surface area contributed by atoms with Gasteiger partial charge in [0, 0.05) is 61.8 Å². The van der Waals surface area contributed by atoms with Gasteiger partial charge in [-0.1, -0.05) is 49.1 Å². The molecule has 0 unspecified atom stereocenters. The summed E-state index contributed by atoms with van der Waals surface area (Å²) in [6.07, 6.45) is 18.2. The number of rotatable bonds is 8. The number of likely N-dealkylation sites (tertiary alicyclic amines) is 2. The van der Waals surface area contributed by atoms with E-state index >= 15 is 0 Å². The van der Waals surface area contributed by atoms with E-state index in [2.05, 4.69) is 62.7 Å². The maximum atomic E-state index is 6.10. The minimum absolute atomic E-state index is 0.230. The van der Waals surface area contributed by atoms with Crippen molar-refractivity contribution in [2.24, 2.45) is 0 Å². The van der Waals surface area contributed by atoms with Gasteiger partial charge in [0.1, 0.15) is 5.15 Å². The van der Waals surface area contributed by atoms with Crippen LogP contribution in [0.25, 0.3) is 51.1 Å². The highest BCUT2D eigenvalue weighted by atomic mass is 35.5. The third kappa shape index (κ3) is 11.1. The van der Waals surface area contributed by atoms with E-state index in [9.17, 15) is 0 Å². The molecule has 0 aliphatic carbocycles. The summed E-state index contributed by atoms with van der Waals surface area (Å²) >= 11 is 6.01. The molecular formula is C52H66BClN10O4. The summed E-state index contributed by atoms with van der Waals surface area (Å²) in [6, 6.07) is 18.1. The Labute approximate surface area is 406 Å². The lowest BCUT2D eigenvalue weighted by molar-refractivity contribution is 0.00578. The zero-order valence-corrected chi connectivity index (χ0v) is 41.0. The van der Waals surface area contributed by atoms with Crippen LogP contribution in [0.1, 0.15) is 97.6 Å². The molecule has 0 bridgehead atoms. The lowest BCUT2D eigenvalue weighted by Crippen LogP contribution is -2.46. The number of halogens is 1. The molecule has 0 amide bonds. The van der Waals surface area contributed by atoms with Crippen LogP contribution in [0.15, 0.2) is 88.9 Å². The molecule has 14 nitrogen and oxygen atoms in total. The highest BCUT2D eigenvalue weighted by Gasteiger charge is 2.49. The topological polar surface area (TPSA) is 135 Å². The summed E-state index contributed by atoms with van der Waals surface area (Å²) in [5, 5.41) is 0.465. The standard InChI is InChI=1S/C23H27N5O.C21H24ClN5O.C8H15BO2/c1-2-18-7-6-8-20(25-18)17-15-21-22(24-16-17)26-23(29-21)28-13-9-19(10-14-28)27-11-4-3-5-12-27;22-19-6-4-5-17(24-19)15-13-18-20(23-14-15)25-21(28-18)27-11-7-16(8-12-27)26-9-2-1-3-10-26;1-6-9-10-7(2,3)8(4,5)11-9/h2,6-8,15-16,19H,1,3-5,9-14H2;4-6,13-14,16H,1-3,7-12H2;6H,1H2,2-5H3. The van der Waals surface area contributed by atoms with Gasteiger partial charge in [-0.05, 0) is 148 Å². The largest absolute Gasteiger partial charge is 0.486 e. The lowest BCUT2D eigenvalue weighted by Gasteiger charge is -2.39. The molecule has 0 aromatic carbocycles. The average Bonchev–Trinajstić information content (AvgIpc) is 4.07. The lowest BCUT2D eigenvalue weighted by atomic mass is 9.90. The van der Waals surface area contributed by atoms with Crippen LogP contribution in [0.5, 0.6) is 0 Å². The van der Waals surface area contributed by atoms with Gasteiger partial charge in [-0.25, -0.2) is 19.9 Å². The van der Waals surface area contributed by atoms with E-state index in [1.54, 1.807) is 24.3 Å². The number of anilines is 2. The molecule has 5 aliphatic rings. The fraction of sp³-hybridized carbons (Fsp3) is 0.500. The molecule has 5 fully saturated rings. The predicted octanol–water partition coefficient (Wildman–Crippen LogP) is 10.6. The molecule has 16 heteroatoms. The summed E-state index contributed by atoms with van der Waals surface area (Å²) in [7, 11) is -0.250. The number of hydrogen-bond acceptors (Lipinski definition) is 14. The van der Waals surface area contributed by atoms with E-state index in [0.29, 0.717) is 51.7 Å². The third-order valence-electron chi connectivity index (χ3n) is 14.5. The van der Waals surface area contributed by atoms with Crippen molar-refractivity contribution >= 4 is 59.3 Å². The Morgan fingerprint density at radius 3 is 1.49 bits per heavy atom. The van der Waals surface area contributed by atoms with Crippen molar-refractivity contribution in [1.82, 2.24) is 39.7 Å². The minimum atomic E-state index is -0.250. The van der Waals surface area contributed by atoms with Crippen LogP contribution >= 0.6 is 11.6 Å². The minimum Gasteiger partial charge on any atom is -0.422 e. The van der Waals surface area contributed by atoms with Crippen LogP contribution in [0.3, 0.4) is 0 Å². The number of aromatic nitrogens is 6. The number of pyridine rings is 4. The third-order valence-corrected chi connectivity index (χ3v) is 14.7. The van der Waals surface area contributed by atoms with Crippen LogP contribution < -0.4 is 9.80 Å². The fourth-order valence-corrected chi connectivity index (χ4v) is 10.0.